The molecular weight excluding hydrogens is 357 g/mol. The molecular formula is C25H31BNO2. The lowest BCUT2D eigenvalue weighted by Gasteiger charge is -2.40. The third-order valence-electron chi connectivity index (χ3n) is 5.95. The van der Waals surface area contributed by atoms with Gasteiger partial charge in [-0.2, -0.15) is 0 Å². The Balaban J connectivity index is 1.78. The molecule has 0 saturated heterocycles. The lowest BCUT2D eigenvalue weighted by atomic mass is 9.82. The number of hydrogen-bond donors (Lipinski definition) is 0. The Labute approximate surface area is 176 Å². The van der Waals surface area contributed by atoms with Gasteiger partial charge in [0.05, 0.1) is 17.2 Å². The number of nitrogens with zero attached hydrogens (tertiary/aromatic N) is 1. The molecule has 0 aliphatic heterocycles. The highest BCUT2D eigenvalue weighted by molar-refractivity contribution is 6.47. The molecule has 3 rings (SSSR count). The van der Waals surface area contributed by atoms with Crippen molar-refractivity contribution in [2.75, 3.05) is 12.0 Å². The van der Waals surface area contributed by atoms with Gasteiger partial charge in [0.25, 0.3) is 0 Å². The van der Waals surface area contributed by atoms with Crippen molar-refractivity contribution < 1.29 is 9.39 Å². The van der Waals surface area contributed by atoms with Crippen LogP contribution in [0.15, 0.2) is 78.9 Å². The summed E-state index contributed by atoms with van der Waals surface area (Å²) in [7, 11) is 3.54. The summed E-state index contributed by atoms with van der Waals surface area (Å²) in [6.45, 7) is 8.16. The van der Waals surface area contributed by atoms with Crippen LogP contribution in [0.4, 0.5) is 11.4 Å². The third-order valence-corrected chi connectivity index (χ3v) is 5.95. The lowest BCUT2D eigenvalue weighted by molar-refractivity contribution is -0.114. The van der Waals surface area contributed by atoms with E-state index in [4.69, 9.17) is 9.39 Å². The minimum absolute atomic E-state index is 0.301. The van der Waals surface area contributed by atoms with Gasteiger partial charge in [-0.3, -0.25) is 0 Å². The van der Waals surface area contributed by atoms with E-state index in [1.807, 2.05) is 35.2 Å². The van der Waals surface area contributed by atoms with Crippen molar-refractivity contribution in [1.29, 1.82) is 0 Å². The highest BCUT2D eigenvalue weighted by Gasteiger charge is 2.37. The van der Waals surface area contributed by atoms with Crippen molar-refractivity contribution in [2.45, 2.75) is 51.4 Å². The summed E-state index contributed by atoms with van der Waals surface area (Å²) in [6, 6.07) is 19.3. The third kappa shape index (κ3) is 5.01. The molecule has 2 aromatic rings. The summed E-state index contributed by atoms with van der Waals surface area (Å²) in [4.78, 5) is 2.38. The van der Waals surface area contributed by atoms with Gasteiger partial charge >= 0.3 is 7.48 Å². The fourth-order valence-electron chi connectivity index (χ4n) is 3.20. The Kier molecular flexibility index (Phi) is 6.66. The number of allylic oxidation sites excluding steroid dienone is 2. The lowest BCUT2D eigenvalue weighted by Crippen LogP contribution is -2.50. The zero-order valence-electron chi connectivity index (χ0n) is 18.1. The molecule has 0 amide bonds. The van der Waals surface area contributed by atoms with Gasteiger partial charge in [0, 0.05) is 18.5 Å². The zero-order valence-corrected chi connectivity index (χ0v) is 18.1. The van der Waals surface area contributed by atoms with Crippen LogP contribution in [0.2, 0.25) is 0 Å². The molecule has 0 fully saturated rings. The predicted molar refractivity (Wildman–Crippen MR) is 123 cm³/mol. The SMILES string of the molecule is COC(C)(C)C(C)(C)O[B]c1ccc(N(c2ccccc2)C2C=CC=CC2)cc1. The maximum absolute atomic E-state index is 6.09. The fourth-order valence-corrected chi connectivity index (χ4v) is 3.20. The van der Waals surface area contributed by atoms with Crippen molar-refractivity contribution in [2.24, 2.45) is 0 Å². The van der Waals surface area contributed by atoms with Gasteiger partial charge in [0.2, 0.25) is 0 Å². The second-order valence-electron chi connectivity index (χ2n) is 8.37. The van der Waals surface area contributed by atoms with Crippen LogP contribution in [0.1, 0.15) is 34.1 Å². The maximum Gasteiger partial charge on any atom is 0.330 e. The molecule has 1 unspecified atom stereocenters. The van der Waals surface area contributed by atoms with E-state index < -0.39 is 11.2 Å². The average molecular weight is 388 g/mol. The van der Waals surface area contributed by atoms with Gasteiger partial charge in [-0.1, -0.05) is 60.1 Å². The van der Waals surface area contributed by atoms with Crippen LogP contribution in [-0.4, -0.2) is 31.8 Å². The van der Waals surface area contributed by atoms with Crippen molar-refractivity contribution in [1.82, 2.24) is 0 Å². The summed E-state index contributed by atoms with van der Waals surface area (Å²) in [6.07, 6.45) is 9.70. The van der Waals surface area contributed by atoms with Gasteiger partial charge in [-0.05, 0) is 58.4 Å². The number of hydrogen-bond acceptors (Lipinski definition) is 3. The molecule has 0 saturated carbocycles. The predicted octanol–water partition coefficient (Wildman–Crippen LogP) is 5.17. The molecule has 151 valence electrons. The second-order valence-corrected chi connectivity index (χ2v) is 8.37. The first-order chi connectivity index (χ1) is 13.8. The molecule has 1 aliphatic carbocycles. The highest BCUT2D eigenvalue weighted by atomic mass is 16.5. The first-order valence-corrected chi connectivity index (χ1v) is 10.2. The fraction of sp³-hybridized carbons (Fsp3) is 0.360. The Bertz CT molecular complexity index is 841. The van der Waals surface area contributed by atoms with Crippen LogP contribution in [0.5, 0.6) is 0 Å². The van der Waals surface area contributed by atoms with E-state index >= 15 is 0 Å². The van der Waals surface area contributed by atoms with Crippen LogP contribution in [-0.2, 0) is 9.39 Å². The Morgan fingerprint density at radius 2 is 1.52 bits per heavy atom. The van der Waals surface area contributed by atoms with Crippen molar-refractivity contribution in [3.8, 4) is 0 Å². The number of anilines is 2. The van der Waals surface area contributed by atoms with Crippen LogP contribution in [0.25, 0.3) is 0 Å². The van der Waals surface area contributed by atoms with E-state index in [9.17, 15) is 0 Å². The van der Waals surface area contributed by atoms with Gasteiger partial charge in [-0.25, -0.2) is 0 Å². The van der Waals surface area contributed by atoms with Gasteiger partial charge in [-0.15, -0.1) is 0 Å². The number of ether oxygens (including phenoxy) is 1. The topological polar surface area (TPSA) is 21.7 Å². The first kappa shape index (κ1) is 21.4. The Morgan fingerprint density at radius 3 is 2.10 bits per heavy atom. The summed E-state index contributed by atoms with van der Waals surface area (Å²) in [5.74, 6) is 0. The molecule has 2 aromatic carbocycles. The van der Waals surface area contributed by atoms with E-state index in [0.717, 1.165) is 17.6 Å². The van der Waals surface area contributed by atoms with Gasteiger partial charge in [0.1, 0.15) is 0 Å². The first-order valence-electron chi connectivity index (χ1n) is 10.2. The molecule has 0 N–H and O–H groups in total. The number of para-hydroxylation sites is 1. The minimum atomic E-state index is -0.449. The van der Waals surface area contributed by atoms with E-state index in [2.05, 4.69) is 83.8 Å². The Hall–Kier alpha value is -2.30. The molecule has 4 heteroatoms. The zero-order chi connectivity index (χ0) is 20.9. The van der Waals surface area contributed by atoms with E-state index in [-0.39, 0.29) is 0 Å². The molecule has 0 bridgehead atoms. The van der Waals surface area contributed by atoms with Crippen LogP contribution >= 0.6 is 0 Å². The monoisotopic (exact) mass is 388 g/mol. The van der Waals surface area contributed by atoms with E-state index in [0.29, 0.717) is 6.04 Å². The number of methoxy groups -OCH3 is 1. The molecule has 0 aromatic heterocycles. The molecule has 1 radical (unpaired) electrons. The largest absolute Gasteiger partial charge is 0.427 e. The molecule has 3 nitrogen and oxygen atoms in total. The summed E-state index contributed by atoms with van der Waals surface area (Å²) in [5.41, 5.74) is 2.54. The van der Waals surface area contributed by atoms with Crippen molar-refractivity contribution >= 4 is 24.3 Å². The van der Waals surface area contributed by atoms with Crippen LogP contribution in [0, 0.1) is 0 Å². The van der Waals surface area contributed by atoms with Crippen LogP contribution < -0.4 is 10.4 Å². The van der Waals surface area contributed by atoms with Crippen molar-refractivity contribution in [3.05, 3.63) is 78.9 Å². The normalized spacial score (nSPS) is 16.7. The summed E-state index contributed by atoms with van der Waals surface area (Å²) in [5, 5.41) is 0. The van der Waals surface area contributed by atoms with E-state index in [1.54, 1.807) is 7.11 Å². The summed E-state index contributed by atoms with van der Waals surface area (Å²) < 4.78 is 11.7. The molecule has 29 heavy (non-hydrogen) atoms. The van der Waals surface area contributed by atoms with Crippen molar-refractivity contribution in [3.63, 3.8) is 0 Å². The number of rotatable bonds is 8. The molecule has 1 aliphatic rings. The van der Waals surface area contributed by atoms with Gasteiger partial charge in [0.15, 0.2) is 0 Å². The Morgan fingerprint density at radius 1 is 0.862 bits per heavy atom. The minimum Gasteiger partial charge on any atom is -0.427 e. The quantitative estimate of drug-likeness (QED) is 0.582. The standard InChI is InChI=1S/C25H31BNO2/c1-24(2,28-5)25(3,4)29-26-20-16-18-23(19-17-20)27(21-12-8-6-9-13-21)22-14-10-7-11-15-22/h6-14,16-19,22H,15H2,1-5H3. The highest BCUT2D eigenvalue weighted by Crippen LogP contribution is 2.31. The van der Waals surface area contributed by atoms with Crippen LogP contribution in [0.3, 0.4) is 0 Å². The van der Waals surface area contributed by atoms with E-state index in [1.165, 1.54) is 5.69 Å². The number of benzene rings is 2. The smallest absolute Gasteiger partial charge is 0.330 e. The summed E-state index contributed by atoms with van der Waals surface area (Å²) >= 11 is 0. The molecule has 0 heterocycles. The maximum atomic E-state index is 6.09. The molecule has 0 spiro atoms. The second kappa shape index (κ2) is 9.02. The average Bonchev–Trinajstić information content (AvgIpc) is 2.75. The van der Waals surface area contributed by atoms with Gasteiger partial charge < -0.3 is 14.3 Å². The molecule has 1 atom stereocenters.